The maximum absolute atomic E-state index is 12.9. The Hall–Kier alpha value is -5.90. The number of aromatic nitrogens is 3. The molecule has 0 radical (unpaired) electrons. The Kier molecular flexibility index (Phi) is 7.09. The van der Waals surface area contributed by atoms with Gasteiger partial charge < -0.3 is 25.3 Å². The van der Waals surface area contributed by atoms with E-state index in [4.69, 9.17) is 10.5 Å². The molecule has 0 aliphatic rings. The van der Waals surface area contributed by atoms with Crippen LogP contribution >= 0.6 is 0 Å². The predicted molar refractivity (Wildman–Crippen MR) is 166 cm³/mol. The number of nitrogens with zero attached hydrogens (tertiary/aromatic N) is 2. The fraction of sp³-hybridized carbons (Fsp3) is 0.0909. The minimum atomic E-state index is -0.585. The highest BCUT2D eigenvalue weighted by molar-refractivity contribution is 6.20. The molecule has 10 nitrogen and oxygen atoms in total. The Morgan fingerprint density at radius 3 is 2.51 bits per heavy atom. The normalized spacial score (nSPS) is 11.0. The first-order valence-electron chi connectivity index (χ1n) is 13.5. The van der Waals surface area contributed by atoms with E-state index in [1.165, 1.54) is 0 Å². The van der Waals surface area contributed by atoms with E-state index in [2.05, 4.69) is 20.6 Å². The molecule has 3 amide bonds. The van der Waals surface area contributed by atoms with Crippen LogP contribution in [0.25, 0.3) is 32.9 Å². The number of imidazole rings is 1. The molecule has 0 unspecified atom stereocenters. The minimum absolute atomic E-state index is 0.146. The average Bonchev–Trinajstić information content (AvgIpc) is 3.60. The summed E-state index contributed by atoms with van der Waals surface area (Å²) in [6, 6.07) is 24.0. The Morgan fingerprint density at radius 2 is 1.77 bits per heavy atom. The number of nitrogens with one attached hydrogen (secondary N) is 3. The molecule has 6 rings (SSSR count). The van der Waals surface area contributed by atoms with E-state index >= 15 is 0 Å². The third-order valence-electron chi connectivity index (χ3n) is 7.37. The van der Waals surface area contributed by atoms with Crippen molar-refractivity contribution in [1.29, 1.82) is 0 Å². The fourth-order valence-electron chi connectivity index (χ4n) is 5.22. The number of aromatic amines is 1. The second-order valence-corrected chi connectivity index (χ2v) is 10.1. The lowest BCUT2D eigenvalue weighted by molar-refractivity contribution is 0.0996. The molecule has 0 atom stereocenters. The molecule has 4 aromatic carbocycles. The molecule has 6 aromatic rings. The molecule has 2 heterocycles. The van der Waals surface area contributed by atoms with Crippen LogP contribution in [0.4, 0.5) is 16.2 Å². The summed E-state index contributed by atoms with van der Waals surface area (Å²) in [4.78, 5) is 45.2. The zero-order valence-corrected chi connectivity index (χ0v) is 23.5. The van der Waals surface area contributed by atoms with Crippen molar-refractivity contribution < 1.29 is 19.1 Å². The molecule has 10 heteroatoms. The summed E-state index contributed by atoms with van der Waals surface area (Å²) >= 11 is 0. The number of benzene rings is 4. The molecule has 0 spiro atoms. The van der Waals surface area contributed by atoms with Crippen LogP contribution in [0.2, 0.25) is 0 Å². The van der Waals surface area contributed by atoms with Crippen molar-refractivity contribution in [1.82, 2.24) is 14.5 Å². The SMILES string of the molecule is Cc1c(NC(=O)c2nccn2C)cccc1-c1ccc(C(N)=O)c2[nH]c3cc(NC(=O)OCc4ccccc4)ccc3c12. The summed E-state index contributed by atoms with van der Waals surface area (Å²) in [5.74, 6) is -0.599. The number of aryl methyl sites for hydroxylation is 1. The van der Waals surface area contributed by atoms with Crippen LogP contribution in [0.1, 0.15) is 32.1 Å². The van der Waals surface area contributed by atoms with Gasteiger partial charge in [0.25, 0.3) is 11.8 Å². The Labute approximate surface area is 246 Å². The van der Waals surface area contributed by atoms with E-state index in [9.17, 15) is 14.4 Å². The zero-order valence-electron chi connectivity index (χ0n) is 23.5. The van der Waals surface area contributed by atoms with Gasteiger partial charge in [0.1, 0.15) is 6.61 Å². The summed E-state index contributed by atoms with van der Waals surface area (Å²) in [5, 5.41) is 7.35. The summed E-state index contributed by atoms with van der Waals surface area (Å²) in [6.07, 6.45) is 2.69. The number of fused-ring (bicyclic) bond motifs is 3. The molecule has 5 N–H and O–H groups in total. The Morgan fingerprint density at radius 1 is 0.953 bits per heavy atom. The van der Waals surface area contributed by atoms with Crippen LogP contribution in [0.5, 0.6) is 0 Å². The number of amides is 3. The number of rotatable bonds is 7. The lowest BCUT2D eigenvalue weighted by Crippen LogP contribution is -2.17. The number of hydrogen-bond donors (Lipinski definition) is 4. The molecule has 43 heavy (non-hydrogen) atoms. The second-order valence-electron chi connectivity index (χ2n) is 10.1. The molecule has 0 fully saturated rings. The van der Waals surface area contributed by atoms with Gasteiger partial charge in [-0.1, -0.05) is 54.6 Å². The van der Waals surface area contributed by atoms with Crippen LogP contribution in [0.3, 0.4) is 0 Å². The number of anilines is 2. The largest absolute Gasteiger partial charge is 0.444 e. The zero-order chi connectivity index (χ0) is 30.1. The van der Waals surface area contributed by atoms with Gasteiger partial charge in [0.15, 0.2) is 5.82 Å². The van der Waals surface area contributed by atoms with Crippen LogP contribution < -0.4 is 16.4 Å². The number of nitrogens with two attached hydrogens (primary N) is 1. The van der Waals surface area contributed by atoms with Crippen molar-refractivity contribution in [2.75, 3.05) is 10.6 Å². The number of primary amides is 1. The van der Waals surface area contributed by atoms with Crippen molar-refractivity contribution in [3.63, 3.8) is 0 Å². The maximum atomic E-state index is 12.9. The van der Waals surface area contributed by atoms with E-state index in [-0.39, 0.29) is 12.5 Å². The van der Waals surface area contributed by atoms with Crippen molar-refractivity contribution in [3.05, 3.63) is 114 Å². The Bertz CT molecular complexity index is 2030. The van der Waals surface area contributed by atoms with Gasteiger partial charge in [-0.3, -0.25) is 14.9 Å². The van der Waals surface area contributed by atoms with Crippen molar-refractivity contribution >= 4 is 51.1 Å². The number of carbonyl (C=O) groups is 3. The molecular weight excluding hydrogens is 544 g/mol. The summed E-state index contributed by atoms with van der Waals surface area (Å²) in [6.45, 7) is 2.07. The molecule has 0 aliphatic heterocycles. The fourth-order valence-corrected chi connectivity index (χ4v) is 5.22. The van der Waals surface area contributed by atoms with Crippen LogP contribution in [0.15, 0.2) is 91.3 Å². The van der Waals surface area contributed by atoms with Gasteiger partial charge in [-0.05, 0) is 53.4 Å². The molecule has 0 saturated heterocycles. The van der Waals surface area contributed by atoms with Crippen LogP contribution in [0, 0.1) is 6.92 Å². The van der Waals surface area contributed by atoms with Gasteiger partial charge in [-0.2, -0.15) is 0 Å². The van der Waals surface area contributed by atoms with Gasteiger partial charge in [0.05, 0.1) is 11.1 Å². The van der Waals surface area contributed by atoms with E-state index in [0.717, 1.165) is 33.0 Å². The first kappa shape index (κ1) is 27.3. The quantitative estimate of drug-likeness (QED) is 0.182. The van der Waals surface area contributed by atoms with Crippen molar-refractivity contribution in [3.8, 4) is 11.1 Å². The number of ether oxygens (including phenoxy) is 1. The molecule has 214 valence electrons. The highest BCUT2D eigenvalue weighted by Gasteiger charge is 2.20. The van der Waals surface area contributed by atoms with Gasteiger partial charge in [0.2, 0.25) is 0 Å². The monoisotopic (exact) mass is 572 g/mol. The van der Waals surface area contributed by atoms with Gasteiger partial charge >= 0.3 is 6.09 Å². The molecule has 0 aliphatic carbocycles. The first-order valence-corrected chi connectivity index (χ1v) is 13.5. The predicted octanol–water partition coefficient (Wildman–Crippen LogP) is 6.13. The smallest absolute Gasteiger partial charge is 0.411 e. The third-order valence-corrected chi connectivity index (χ3v) is 7.37. The highest BCUT2D eigenvalue weighted by Crippen LogP contribution is 2.39. The standard InChI is InChI=1S/C33H28N6O4/c1-19-22(9-6-10-26(19)38-32(41)31-35-15-16-39(31)2)23-13-14-25(30(34)40)29-28(23)24-12-11-21(17-27(24)37-29)36-33(42)43-18-20-7-4-3-5-8-20/h3-17,37H,18H2,1-2H3,(H2,34,40)(H,36,42)(H,38,41). The van der Waals surface area contributed by atoms with Gasteiger partial charge in [-0.25, -0.2) is 9.78 Å². The lowest BCUT2D eigenvalue weighted by Gasteiger charge is -2.14. The first-order chi connectivity index (χ1) is 20.8. The van der Waals surface area contributed by atoms with Crippen LogP contribution in [-0.2, 0) is 18.4 Å². The summed E-state index contributed by atoms with van der Waals surface area (Å²) < 4.78 is 7.01. The number of H-pyrrole nitrogens is 1. The minimum Gasteiger partial charge on any atom is -0.444 e. The van der Waals surface area contributed by atoms with E-state index in [1.807, 2.05) is 67.6 Å². The third kappa shape index (κ3) is 5.29. The molecule has 2 aromatic heterocycles. The van der Waals surface area contributed by atoms with E-state index in [0.29, 0.717) is 33.8 Å². The number of hydrogen-bond acceptors (Lipinski definition) is 5. The summed E-state index contributed by atoms with van der Waals surface area (Å²) in [5.41, 5.74) is 11.9. The van der Waals surface area contributed by atoms with Crippen LogP contribution in [-0.4, -0.2) is 32.4 Å². The van der Waals surface area contributed by atoms with Crippen molar-refractivity contribution in [2.24, 2.45) is 12.8 Å². The lowest BCUT2D eigenvalue weighted by atomic mass is 9.93. The second kappa shape index (κ2) is 11.2. The van der Waals surface area contributed by atoms with Gasteiger partial charge in [-0.15, -0.1) is 0 Å². The number of carbonyl (C=O) groups excluding carboxylic acids is 3. The molecule has 0 bridgehead atoms. The van der Waals surface area contributed by atoms with E-state index in [1.54, 1.807) is 42.2 Å². The maximum Gasteiger partial charge on any atom is 0.411 e. The van der Waals surface area contributed by atoms with Crippen molar-refractivity contribution in [2.45, 2.75) is 13.5 Å². The highest BCUT2D eigenvalue weighted by atomic mass is 16.5. The van der Waals surface area contributed by atoms with Gasteiger partial charge in [0, 0.05) is 47.1 Å². The molecular formula is C33H28N6O4. The topological polar surface area (TPSA) is 144 Å². The summed E-state index contributed by atoms with van der Waals surface area (Å²) in [7, 11) is 1.76. The van der Waals surface area contributed by atoms with E-state index < -0.39 is 12.0 Å². The Balaban J connectivity index is 1.36. The average molecular weight is 573 g/mol. The molecule has 0 saturated carbocycles.